The van der Waals surface area contributed by atoms with E-state index in [1.807, 2.05) is 67.0 Å². The van der Waals surface area contributed by atoms with E-state index in [-0.39, 0.29) is 20.1 Å². The van der Waals surface area contributed by atoms with Gasteiger partial charge in [0.15, 0.2) is 0 Å². The summed E-state index contributed by atoms with van der Waals surface area (Å²) in [5.41, 5.74) is 21.3. The van der Waals surface area contributed by atoms with Gasteiger partial charge in [-0.15, -0.1) is 95.6 Å². The van der Waals surface area contributed by atoms with E-state index >= 15 is 0 Å². The van der Waals surface area contributed by atoms with Gasteiger partial charge in [-0.1, -0.05) is 151 Å². The number of furan rings is 1. The van der Waals surface area contributed by atoms with Gasteiger partial charge in [0.2, 0.25) is 0 Å². The number of hydrogen-bond acceptors (Lipinski definition) is 4. The van der Waals surface area contributed by atoms with E-state index in [4.69, 9.17) is 19.4 Å². The van der Waals surface area contributed by atoms with Crippen LogP contribution in [0, 0.1) is 18.2 Å². The van der Waals surface area contributed by atoms with Crippen LogP contribution < -0.4 is 0 Å². The summed E-state index contributed by atoms with van der Waals surface area (Å²) < 4.78 is 6.19. The van der Waals surface area contributed by atoms with E-state index in [2.05, 4.69) is 182 Å². The van der Waals surface area contributed by atoms with Crippen LogP contribution in [0.15, 0.2) is 235 Å². The maximum Gasteiger partial charge on any atom is 3.00 e. The van der Waals surface area contributed by atoms with Crippen molar-refractivity contribution >= 4 is 21.9 Å². The first-order valence-electron chi connectivity index (χ1n) is 24.2. The monoisotopic (exact) mass is 1100 g/mol. The second-order valence-corrected chi connectivity index (χ2v) is 18.0. The van der Waals surface area contributed by atoms with Crippen LogP contribution in [0.2, 0.25) is 0 Å². The van der Waals surface area contributed by atoms with Crippen LogP contribution in [0.4, 0.5) is 0 Å². The molecule has 12 aromatic rings. The van der Waals surface area contributed by atoms with Gasteiger partial charge in [-0.25, -0.2) is 0 Å². The molecule has 0 saturated heterocycles. The Labute approximate surface area is 434 Å². The molecule has 0 aliphatic rings. The summed E-state index contributed by atoms with van der Waals surface area (Å²) in [6, 6.07) is 84.6. The third-order valence-electron chi connectivity index (χ3n) is 13.4. The van der Waals surface area contributed by atoms with Gasteiger partial charge < -0.3 is 19.4 Å². The van der Waals surface area contributed by atoms with Crippen LogP contribution in [0.5, 0.6) is 0 Å². The molecule has 4 aromatic heterocycles. The molecule has 344 valence electrons. The molecule has 0 aliphatic carbocycles. The molecule has 0 spiro atoms. The van der Waals surface area contributed by atoms with E-state index in [1.54, 1.807) is 0 Å². The molecular formula is C67H46IrN3O. The summed E-state index contributed by atoms with van der Waals surface area (Å²) in [5.74, 6) is 0. The summed E-state index contributed by atoms with van der Waals surface area (Å²) in [6.07, 6.45) is 9.55. The van der Waals surface area contributed by atoms with Crippen molar-refractivity contribution in [2.75, 3.05) is 0 Å². The van der Waals surface area contributed by atoms with E-state index in [9.17, 15) is 0 Å². The molecule has 0 bridgehead atoms. The number of nitrogens with zero attached hydrogens (tertiary/aromatic N) is 3. The summed E-state index contributed by atoms with van der Waals surface area (Å²) in [4.78, 5) is 14.9. The molecule has 12 rings (SSSR count). The number of aromatic nitrogens is 3. The number of rotatable bonds is 13. The second kappa shape index (κ2) is 20.9. The summed E-state index contributed by atoms with van der Waals surface area (Å²) >= 11 is 0. The fourth-order valence-corrected chi connectivity index (χ4v) is 9.67. The molecule has 5 heteroatoms. The van der Waals surface area contributed by atoms with Gasteiger partial charge >= 0.3 is 20.1 Å². The molecule has 0 fully saturated rings. The Morgan fingerprint density at radius 3 is 1.54 bits per heavy atom. The molecule has 0 amide bonds. The van der Waals surface area contributed by atoms with Gasteiger partial charge in [0.1, 0.15) is 5.58 Å². The van der Waals surface area contributed by atoms with Crippen LogP contribution in [0.3, 0.4) is 0 Å². The van der Waals surface area contributed by atoms with Gasteiger partial charge in [0.05, 0.1) is 5.58 Å². The van der Waals surface area contributed by atoms with Crippen molar-refractivity contribution in [2.45, 2.75) is 25.7 Å². The maximum absolute atomic E-state index is 6.19. The van der Waals surface area contributed by atoms with E-state index < -0.39 is 0 Å². The third kappa shape index (κ3) is 9.86. The van der Waals surface area contributed by atoms with Gasteiger partial charge in [0, 0.05) is 29.5 Å². The predicted octanol–water partition coefficient (Wildman–Crippen LogP) is 16.4. The zero-order valence-electron chi connectivity index (χ0n) is 39.4. The first-order chi connectivity index (χ1) is 35.1. The van der Waals surface area contributed by atoms with Crippen molar-refractivity contribution in [3.05, 3.63) is 271 Å². The average molecular weight is 1100 g/mol. The minimum Gasteiger partial charge on any atom is -0.500 e. The molecule has 4 heterocycles. The molecule has 0 saturated carbocycles. The van der Waals surface area contributed by atoms with Crippen molar-refractivity contribution in [2.24, 2.45) is 0 Å². The Hall–Kier alpha value is -8.34. The van der Waals surface area contributed by atoms with E-state index in [0.717, 1.165) is 109 Å². The van der Waals surface area contributed by atoms with Crippen LogP contribution in [-0.4, -0.2) is 15.0 Å². The second-order valence-electron chi connectivity index (χ2n) is 18.0. The normalized spacial score (nSPS) is 11.2. The Balaban J connectivity index is 0.00000560. The summed E-state index contributed by atoms with van der Waals surface area (Å²) in [5, 5.41) is 2.13. The largest absolute Gasteiger partial charge is 3.00 e. The van der Waals surface area contributed by atoms with Gasteiger partial charge in [-0.2, -0.15) is 0 Å². The predicted molar refractivity (Wildman–Crippen MR) is 289 cm³/mol. The maximum atomic E-state index is 6.19. The fraction of sp³-hybridized carbons (Fsp3) is 0.0597. The van der Waals surface area contributed by atoms with Crippen LogP contribution in [-0.2, 0) is 45.8 Å². The fourth-order valence-electron chi connectivity index (χ4n) is 9.67. The van der Waals surface area contributed by atoms with E-state index in [1.165, 1.54) is 38.9 Å². The number of benzene rings is 8. The smallest absolute Gasteiger partial charge is 0.500 e. The van der Waals surface area contributed by atoms with Gasteiger partial charge in [-0.3, -0.25) is 0 Å². The Morgan fingerprint density at radius 2 is 0.903 bits per heavy atom. The average Bonchev–Trinajstić information content (AvgIpc) is 3.83. The first-order valence-corrected chi connectivity index (χ1v) is 24.2. The summed E-state index contributed by atoms with van der Waals surface area (Å²) in [6.45, 7) is 0. The van der Waals surface area contributed by atoms with Crippen LogP contribution in [0.1, 0.15) is 22.3 Å². The number of para-hydroxylation sites is 1. The van der Waals surface area contributed by atoms with Crippen molar-refractivity contribution in [1.82, 2.24) is 15.0 Å². The topological polar surface area (TPSA) is 51.8 Å². The Morgan fingerprint density at radius 1 is 0.333 bits per heavy atom. The molecule has 0 radical (unpaired) electrons. The van der Waals surface area contributed by atoms with Crippen molar-refractivity contribution in [3.63, 3.8) is 0 Å². The number of pyridine rings is 3. The van der Waals surface area contributed by atoms with Crippen molar-refractivity contribution in [1.29, 1.82) is 0 Å². The third-order valence-corrected chi connectivity index (χ3v) is 13.4. The minimum atomic E-state index is 0. The minimum absolute atomic E-state index is 0. The molecular weight excluding hydrogens is 1050 g/mol. The van der Waals surface area contributed by atoms with Crippen molar-refractivity contribution < 1.29 is 24.5 Å². The molecule has 0 atom stereocenters. The van der Waals surface area contributed by atoms with Crippen molar-refractivity contribution in [3.8, 4) is 78.3 Å². The molecule has 0 aliphatic heterocycles. The zero-order chi connectivity index (χ0) is 47.3. The quantitative estimate of drug-likeness (QED) is 0.108. The number of fused-ring (bicyclic) bond motifs is 3. The van der Waals surface area contributed by atoms with Gasteiger partial charge in [0.25, 0.3) is 0 Å². The Kier molecular flexibility index (Phi) is 13.4. The molecule has 4 nitrogen and oxygen atoms in total. The first kappa shape index (κ1) is 46.1. The SMILES string of the molecule is [Ir+3].[c-]1ccccc1-c1ccc(CCc2cc(CCc3ccc(-c4[c-]cccc4)nc3)cc(-c3ccccc3-c3cnc(-c4[c-]cc5oc6ccccc6c5c4)cc3-c3ccc(-c4ccccc4)cc3)c2)cn1. The molecule has 0 unspecified atom stereocenters. The molecule has 8 aromatic carbocycles. The Bertz CT molecular complexity index is 3670. The summed E-state index contributed by atoms with van der Waals surface area (Å²) in [7, 11) is 0. The van der Waals surface area contributed by atoms with Gasteiger partial charge in [-0.05, 0) is 110 Å². The standard InChI is InChI=1S/C67H46N3O.Ir/c1-4-14-50(15-5-1)51-30-32-52(33-31-51)60-42-65(55-34-37-67-61(41-55)59-22-12-13-23-66(59)71-67)70-45-62(60)58-21-11-10-20-57(58)56-39-48(26-24-46-28-35-63(68-43-46)53-16-6-2-7-17-53)38-49(40-56)27-25-47-29-36-64(69-44-47)54-18-8-3-9-19-54;/h1-16,18,20-23,28-33,35-45H,24-27H2;/q-3;+3. The molecule has 72 heavy (non-hydrogen) atoms. The number of aryl methyl sites for hydroxylation is 4. The number of hydrogen-bond donors (Lipinski definition) is 0. The molecule has 0 N–H and O–H groups in total. The zero-order valence-corrected chi connectivity index (χ0v) is 41.7. The van der Waals surface area contributed by atoms with Crippen LogP contribution >= 0.6 is 0 Å². The van der Waals surface area contributed by atoms with Crippen LogP contribution in [0.25, 0.3) is 100 Å². The van der Waals surface area contributed by atoms with E-state index in [0.29, 0.717) is 0 Å².